The molecule has 0 aliphatic rings. The molecule has 18 heavy (non-hydrogen) atoms. The minimum atomic E-state index is -0.441. The quantitative estimate of drug-likeness (QED) is 0.735. The van der Waals surface area contributed by atoms with Crippen LogP contribution in [0, 0.1) is 0 Å². The van der Waals surface area contributed by atoms with Crippen LogP contribution < -0.4 is 5.73 Å². The third-order valence-electron chi connectivity index (χ3n) is 2.49. The standard InChI is InChI=1S/C13H20N2O3/c1-15(2)8-9-18-13(17-3)11-6-4-10(5-7-11)12(14)16/h4-7,13H,8-9H2,1-3H3,(H2,14,16). The van der Waals surface area contributed by atoms with E-state index in [4.69, 9.17) is 15.2 Å². The number of amides is 1. The summed E-state index contributed by atoms with van der Waals surface area (Å²) in [5.41, 5.74) is 6.52. The Hall–Kier alpha value is -1.43. The van der Waals surface area contributed by atoms with Gasteiger partial charge in [-0.3, -0.25) is 4.79 Å². The van der Waals surface area contributed by atoms with Crippen LogP contribution in [0.4, 0.5) is 0 Å². The number of carbonyl (C=O) groups is 1. The smallest absolute Gasteiger partial charge is 0.248 e. The molecule has 0 radical (unpaired) electrons. The zero-order chi connectivity index (χ0) is 13.5. The number of carbonyl (C=O) groups excluding carboxylic acids is 1. The van der Waals surface area contributed by atoms with E-state index in [0.29, 0.717) is 12.2 Å². The van der Waals surface area contributed by atoms with Crippen LogP contribution in [-0.2, 0) is 9.47 Å². The fraction of sp³-hybridized carbons (Fsp3) is 0.462. The molecular weight excluding hydrogens is 232 g/mol. The lowest BCUT2D eigenvalue weighted by molar-refractivity contribution is -0.129. The van der Waals surface area contributed by atoms with Crippen LogP contribution in [0.1, 0.15) is 22.2 Å². The summed E-state index contributed by atoms with van der Waals surface area (Å²) < 4.78 is 10.9. The first-order valence-electron chi connectivity index (χ1n) is 5.73. The predicted molar refractivity (Wildman–Crippen MR) is 69.2 cm³/mol. The Morgan fingerprint density at radius 2 is 1.94 bits per heavy atom. The maximum Gasteiger partial charge on any atom is 0.248 e. The van der Waals surface area contributed by atoms with Gasteiger partial charge in [-0.25, -0.2) is 0 Å². The second-order valence-corrected chi connectivity index (χ2v) is 4.23. The van der Waals surface area contributed by atoms with Crippen molar-refractivity contribution in [3.8, 4) is 0 Å². The molecule has 0 aliphatic heterocycles. The second kappa shape index (κ2) is 7.10. The number of likely N-dealkylation sites (N-methyl/N-ethyl adjacent to an activating group) is 1. The molecule has 5 heteroatoms. The summed E-state index contributed by atoms with van der Waals surface area (Å²) in [4.78, 5) is 13.0. The lowest BCUT2D eigenvalue weighted by atomic mass is 10.1. The number of ether oxygens (including phenoxy) is 2. The molecule has 0 fully saturated rings. The zero-order valence-corrected chi connectivity index (χ0v) is 11.1. The van der Waals surface area contributed by atoms with E-state index in [0.717, 1.165) is 12.1 Å². The minimum absolute atomic E-state index is 0.424. The van der Waals surface area contributed by atoms with E-state index >= 15 is 0 Å². The van der Waals surface area contributed by atoms with Crippen LogP contribution in [0.15, 0.2) is 24.3 Å². The molecule has 2 N–H and O–H groups in total. The van der Waals surface area contributed by atoms with Gasteiger partial charge >= 0.3 is 0 Å². The average Bonchev–Trinajstić information content (AvgIpc) is 2.34. The number of hydrogen-bond acceptors (Lipinski definition) is 4. The monoisotopic (exact) mass is 252 g/mol. The molecule has 0 aliphatic carbocycles. The molecule has 1 aromatic carbocycles. The van der Waals surface area contributed by atoms with Crippen molar-refractivity contribution in [2.24, 2.45) is 5.73 Å². The van der Waals surface area contributed by atoms with Gasteiger partial charge in [0.05, 0.1) is 6.61 Å². The van der Waals surface area contributed by atoms with E-state index in [-0.39, 0.29) is 0 Å². The maximum absolute atomic E-state index is 11.0. The first kappa shape index (κ1) is 14.6. The van der Waals surface area contributed by atoms with Gasteiger partial charge in [-0.05, 0) is 26.2 Å². The lowest BCUT2D eigenvalue weighted by Gasteiger charge is -2.18. The van der Waals surface area contributed by atoms with E-state index < -0.39 is 12.2 Å². The lowest BCUT2D eigenvalue weighted by Crippen LogP contribution is -2.20. The zero-order valence-electron chi connectivity index (χ0n) is 11.1. The Kier molecular flexibility index (Phi) is 5.77. The number of nitrogens with zero attached hydrogens (tertiary/aromatic N) is 1. The highest BCUT2D eigenvalue weighted by atomic mass is 16.7. The molecule has 1 aromatic rings. The van der Waals surface area contributed by atoms with Crippen molar-refractivity contribution in [3.63, 3.8) is 0 Å². The molecule has 0 aromatic heterocycles. The van der Waals surface area contributed by atoms with Crippen molar-refractivity contribution < 1.29 is 14.3 Å². The van der Waals surface area contributed by atoms with Crippen molar-refractivity contribution in [1.82, 2.24) is 4.90 Å². The summed E-state index contributed by atoms with van der Waals surface area (Å²) in [5.74, 6) is -0.441. The molecule has 1 atom stereocenters. The van der Waals surface area contributed by atoms with Gasteiger partial charge in [0.2, 0.25) is 5.91 Å². The molecule has 1 rings (SSSR count). The van der Waals surface area contributed by atoms with Gasteiger partial charge in [0.1, 0.15) is 0 Å². The molecule has 1 amide bonds. The Balaban J connectivity index is 2.61. The van der Waals surface area contributed by atoms with E-state index in [1.807, 2.05) is 19.0 Å². The molecule has 0 saturated heterocycles. The van der Waals surface area contributed by atoms with Crippen molar-refractivity contribution in [3.05, 3.63) is 35.4 Å². The molecule has 0 saturated carbocycles. The van der Waals surface area contributed by atoms with E-state index in [1.165, 1.54) is 0 Å². The number of primary amides is 1. The van der Waals surface area contributed by atoms with E-state index in [9.17, 15) is 4.79 Å². The van der Waals surface area contributed by atoms with Crippen LogP contribution in [0.5, 0.6) is 0 Å². The van der Waals surface area contributed by atoms with Gasteiger partial charge in [-0.2, -0.15) is 0 Å². The van der Waals surface area contributed by atoms with Crippen molar-refractivity contribution in [2.45, 2.75) is 6.29 Å². The van der Waals surface area contributed by atoms with Crippen LogP contribution in [-0.4, -0.2) is 45.2 Å². The average molecular weight is 252 g/mol. The number of methoxy groups -OCH3 is 1. The van der Waals surface area contributed by atoms with E-state index in [2.05, 4.69) is 0 Å². The van der Waals surface area contributed by atoms with Crippen molar-refractivity contribution >= 4 is 5.91 Å². The third kappa shape index (κ3) is 4.44. The SMILES string of the molecule is COC(OCCN(C)C)c1ccc(C(N)=O)cc1. The normalized spacial score (nSPS) is 12.7. The second-order valence-electron chi connectivity index (χ2n) is 4.23. The highest BCUT2D eigenvalue weighted by Crippen LogP contribution is 2.18. The third-order valence-corrected chi connectivity index (χ3v) is 2.49. The van der Waals surface area contributed by atoms with Crippen molar-refractivity contribution in [1.29, 1.82) is 0 Å². The molecular formula is C13H20N2O3. The van der Waals surface area contributed by atoms with Crippen LogP contribution in [0.3, 0.4) is 0 Å². The van der Waals surface area contributed by atoms with Gasteiger partial charge < -0.3 is 20.1 Å². The van der Waals surface area contributed by atoms with Gasteiger partial charge in [-0.15, -0.1) is 0 Å². The van der Waals surface area contributed by atoms with Gasteiger partial charge in [0.25, 0.3) is 0 Å². The Morgan fingerprint density at radius 1 is 1.33 bits per heavy atom. The molecule has 5 nitrogen and oxygen atoms in total. The molecule has 100 valence electrons. The van der Waals surface area contributed by atoms with Gasteiger partial charge in [-0.1, -0.05) is 12.1 Å². The fourth-order valence-electron chi connectivity index (χ4n) is 1.45. The Bertz CT molecular complexity index is 376. The highest BCUT2D eigenvalue weighted by Gasteiger charge is 2.11. The van der Waals surface area contributed by atoms with Crippen LogP contribution in [0.2, 0.25) is 0 Å². The number of benzene rings is 1. The largest absolute Gasteiger partial charge is 0.366 e. The molecule has 0 heterocycles. The van der Waals surface area contributed by atoms with Crippen LogP contribution >= 0.6 is 0 Å². The van der Waals surface area contributed by atoms with E-state index in [1.54, 1.807) is 31.4 Å². The van der Waals surface area contributed by atoms with Crippen molar-refractivity contribution in [2.75, 3.05) is 34.4 Å². The van der Waals surface area contributed by atoms with Crippen LogP contribution in [0.25, 0.3) is 0 Å². The summed E-state index contributed by atoms with van der Waals surface area (Å²) in [6.45, 7) is 1.39. The Morgan fingerprint density at radius 3 is 2.39 bits per heavy atom. The first-order chi connectivity index (χ1) is 8.54. The molecule has 0 spiro atoms. The molecule has 1 unspecified atom stereocenters. The number of hydrogen-bond donors (Lipinski definition) is 1. The summed E-state index contributed by atoms with van der Waals surface area (Å²) in [7, 11) is 5.54. The fourth-order valence-corrected chi connectivity index (χ4v) is 1.45. The predicted octanol–water partition coefficient (Wildman–Crippen LogP) is 1.01. The first-order valence-corrected chi connectivity index (χ1v) is 5.73. The topological polar surface area (TPSA) is 64.8 Å². The Labute approximate surface area is 107 Å². The van der Waals surface area contributed by atoms with Gasteiger partial charge in [0.15, 0.2) is 6.29 Å². The summed E-state index contributed by atoms with van der Waals surface area (Å²) in [5, 5.41) is 0. The summed E-state index contributed by atoms with van der Waals surface area (Å²) in [6.07, 6.45) is -0.424. The minimum Gasteiger partial charge on any atom is -0.366 e. The summed E-state index contributed by atoms with van der Waals surface area (Å²) >= 11 is 0. The number of nitrogens with two attached hydrogens (primary N) is 1. The summed E-state index contributed by atoms with van der Waals surface area (Å²) in [6, 6.07) is 6.89. The highest BCUT2D eigenvalue weighted by molar-refractivity contribution is 5.92. The van der Waals surface area contributed by atoms with Gasteiger partial charge in [0, 0.05) is 24.8 Å². The molecule has 0 bridgehead atoms. The number of rotatable bonds is 7. The maximum atomic E-state index is 11.0.